The Bertz CT molecular complexity index is 779. The lowest BCUT2D eigenvalue weighted by Gasteiger charge is -1.97. The molecule has 3 aromatic rings. The SMILES string of the molecule is CCCCc1nn2c(=O)cc(CSc3ncn[nH]3)nc2s1. The predicted molar refractivity (Wildman–Crippen MR) is 81.7 cm³/mol. The average Bonchev–Trinajstić information content (AvgIpc) is 3.12. The largest absolute Gasteiger partial charge is 0.275 e. The number of nitrogens with zero attached hydrogens (tertiary/aromatic N) is 5. The molecule has 0 saturated heterocycles. The fourth-order valence-electron chi connectivity index (χ4n) is 1.80. The highest BCUT2D eigenvalue weighted by molar-refractivity contribution is 7.98. The summed E-state index contributed by atoms with van der Waals surface area (Å²) in [5, 5.41) is 12.5. The summed E-state index contributed by atoms with van der Waals surface area (Å²) in [6.45, 7) is 2.14. The fraction of sp³-hybridized carbons (Fsp3) is 0.417. The van der Waals surface area contributed by atoms with Crippen LogP contribution in [0.2, 0.25) is 0 Å². The lowest BCUT2D eigenvalue weighted by atomic mass is 10.3. The van der Waals surface area contributed by atoms with E-state index in [0.717, 1.165) is 30.0 Å². The van der Waals surface area contributed by atoms with Crippen molar-refractivity contribution in [3.63, 3.8) is 0 Å². The number of H-pyrrole nitrogens is 1. The van der Waals surface area contributed by atoms with Gasteiger partial charge in [0.05, 0.1) is 5.69 Å². The summed E-state index contributed by atoms with van der Waals surface area (Å²) in [7, 11) is 0. The number of aromatic amines is 1. The Morgan fingerprint density at radius 3 is 3.14 bits per heavy atom. The Balaban J connectivity index is 1.82. The van der Waals surface area contributed by atoms with E-state index in [1.54, 1.807) is 0 Å². The monoisotopic (exact) mass is 322 g/mol. The van der Waals surface area contributed by atoms with Gasteiger partial charge in [0.25, 0.3) is 5.56 Å². The molecule has 3 aromatic heterocycles. The molecule has 1 N–H and O–H groups in total. The Morgan fingerprint density at radius 1 is 1.48 bits per heavy atom. The van der Waals surface area contributed by atoms with Crippen LogP contribution in [0.15, 0.2) is 22.3 Å². The molecular weight excluding hydrogens is 308 g/mol. The molecule has 0 bridgehead atoms. The second-order valence-electron chi connectivity index (χ2n) is 4.46. The molecule has 0 saturated carbocycles. The van der Waals surface area contributed by atoms with E-state index in [2.05, 4.69) is 32.2 Å². The van der Waals surface area contributed by atoms with E-state index >= 15 is 0 Å². The molecular formula is C12H14N6OS2. The minimum Gasteiger partial charge on any atom is -0.267 e. The topological polar surface area (TPSA) is 88.8 Å². The molecule has 0 aliphatic heterocycles. The van der Waals surface area contributed by atoms with Gasteiger partial charge in [-0.3, -0.25) is 9.89 Å². The second kappa shape index (κ2) is 6.35. The van der Waals surface area contributed by atoms with Gasteiger partial charge >= 0.3 is 0 Å². The van der Waals surface area contributed by atoms with Crippen LogP contribution in [0.5, 0.6) is 0 Å². The van der Waals surface area contributed by atoms with Gasteiger partial charge in [0.1, 0.15) is 11.3 Å². The Morgan fingerprint density at radius 2 is 2.38 bits per heavy atom. The van der Waals surface area contributed by atoms with Crippen LogP contribution < -0.4 is 5.56 Å². The minimum absolute atomic E-state index is 0.132. The molecule has 3 rings (SSSR count). The molecule has 0 aliphatic rings. The highest BCUT2D eigenvalue weighted by Gasteiger charge is 2.09. The second-order valence-corrected chi connectivity index (χ2v) is 6.46. The first-order valence-corrected chi connectivity index (χ1v) is 8.43. The summed E-state index contributed by atoms with van der Waals surface area (Å²) in [5.74, 6) is 0.573. The number of aryl methyl sites for hydroxylation is 1. The van der Waals surface area contributed by atoms with E-state index < -0.39 is 0 Å². The van der Waals surface area contributed by atoms with Gasteiger partial charge in [-0.1, -0.05) is 36.4 Å². The lowest BCUT2D eigenvalue weighted by Crippen LogP contribution is -2.15. The van der Waals surface area contributed by atoms with E-state index in [0.29, 0.717) is 15.9 Å². The van der Waals surface area contributed by atoms with Crippen molar-refractivity contribution in [1.29, 1.82) is 0 Å². The molecule has 21 heavy (non-hydrogen) atoms. The maximum atomic E-state index is 12.1. The van der Waals surface area contributed by atoms with Crippen LogP contribution in [-0.2, 0) is 12.2 Å². The summed E-state index contributed by atoms with van der Waals surface area (Å²) >= 11 is 2.95. The summed E-state index contributed by atoms with van der Waals surface area (Å²) in [6, 6.07) is 1.53. The van der Waals surface area contributed by atoms with Gasteiger partial charge in [-0.25, -0.2) is 9.97 Å². The highest BCUT2D eigenvalue weighted by atomic mass is 32.2. The molecule has 110 valence electrons. The van der Waals surface area contributed by atoms with Gasteiger partial charge in [-0.15, -0.1) is 0 Å². The van der Waals surface area contributed by atoms with E-state index in [4.69, 9.17) is 0 Å². The summed E-state index contributed by atoms with van der Waals surface area (Å²) in [6.07, 6.45) is 4.53. The van der Waals surface area contributed by atoms with Crippen molar-refractivity contribution < 1.29 is 0 Å². The molecule has 0 spiro atoms. The van der Waals surface area contributed by atoms with Gasteiger partial charge in [0.2, 0.25) is 4.96 Å². The van der Waals surface area contributed by atoms with Crippen molar-refractivity contribution in [3.8, 4) is 0 Å². The standard InChI is InChI=1S/C12H14N6OS2/c1-2-3-4-9-17-18-10(19)5-8(15-12(18)21-9)6-20-11-13-7-14-16-11/h5,7H,2-4,6H2,1H3,(H,13,14,16). The summed E-state index contributed by atoms with van der Waals surface area (Å²) in [4.78, 5) is 21.3. The first kappa shape index (κ1) is 14.2. The third-order valence-corrected chi connectivity index (χ3v) is 4.71. The van der Waals surface area contributed by atoms with Crippen LogP contribution in [0, 0.1) is 0 Å². The van der Waals surface area contributed by atoms with Crippen molar-refractivity contribution in [2.75, 3.05) is 0 Å². The minimum atomic E-state index is -0.132. The van der Waals surface area contributed by atoms with Crippen molar-refractivity contribution in [2.24, 2.45) is 0 Å². The molecule has 0 unspecified atom stereocenters. The first-order valence-electron chi connectivity index (χ1n) is 6.63. The van der Waals surface area contributed by atoms with Crippen molar-refractivity contribution in [1.82, 2.24) is 29.8 Å². The molecule has 7 nitrogen and oxygen atoms in total. The van der Waals surface area contributed by atoms with Crippen LogP contribution in [0.1, 0.15) is 30.5 Å². The van der Waals surface area contributed by atoms with Crippen molar-refractivity contribution >= 4 is 28.1 Å². The fourth-order valence-corrected chi connectivity index (χ4v) is 3.44. The maximum Gasteiger partial charge on any atom is 0.275 e. The van der Waals surface area contributed by atoms with Gasteiger partial charge in [-0.05, 0) is 6.42 Å². The number of fused-ring (bicyclic) bond motifs is 1. The zero-order valence-corrected chi connectivity index (χ0v) is 13.1. The number of aromatic nitrogens is 6. The number of rotatable bonds is 6. The van der Waals surface area contributed by atoms with Crippen molar-refractivity contribution in [3.05, 3.63) is 33.4 Å². The smallest absolute Gasteiger partial charge is 0.267 e. The molecule has 0 amide bonds. The van der Waals surface area contributed by atoms with Crippen LogP contribution in [0.3, 0.4) is 0 Å². The third kappa shape index (κ3) is 3.30. The lowest BCUT2D eigenvalue weighted by molar-refractivity contribution is 0.761. The predicted octanol–water partition coefficient (Wildman–Crippen LogP) is 1.90. The number of hydrogen-bond donors (Lipinski definition) is 1. The number of thioether (sulfide) groups is 1. The van der Waals surface area contributed by atoms with Crippen molar-refractivity contribution in [2.45, 2.75) is 37.1 Å². The van der Waals surface area contributed by atoms with Crippen LogP contribution in [-0.4, -0.2) is 29.8 Å². The van der Waals surface area contributed by atoms with E-state index in [-0.39, 0.29) is 5.56 Å². The highest BCUT2D eigenvalue weighted by Crippen LogP contribution is 2.18. The van der Waals surface area contributed by atoms with Crippen LogP contribution in [0.4, 0.5) is 0 Å². The summed E-state index contributed by atoms with van der Waals surface area (Å²) in [5.41, 5.74) is 0.597. The molecule has 0 aromatic carbocycles. The number of nitrogens with one attached hydrogen (secondary N) is 1. The van der Waals surface area contributed by atoms with E-state index in [9.17, 15) is 4.79 Å². The van der Waals surface area contributed by atoms with Gasteiger partial charge in [-0.2, -0.15) is 14.7 Å². The molecule has 9 heteroatoms. The van der Waals surface area contributed by atoms with E-state index in [1.165, 1.54) is 40.0 Å². The Labute approximate surface area is 128 Å². The van der Waals surface area contributed by atoms with Crippen LogP contribution in [0.25, 0.3) is 4.96 Å². The van der Waals surface area contributed by atoms with E-state index in [1.807, 2.05) is 0 Å². The molecule has 0 fully saturated rings. The zero-order valence-electron chi connectivity index (χ0n) is 11.4. The Hall–Kier alpha value is -1.74. The molecule has 3 heterocycles. The summed E-state index contributed by atoms with van der Waals surface area (Å²) < 4.78 is 1.39. The van der Waals surface area contributed by atoms with Gasteiger partial charge in [0.15, 0.2) is 5.16 Å². The number of hydrogen-bond acceptors (Lipinski definition) is 7. The number of unbranched alkanes of at least 4 members (excludes halogenated alkanes) is 1. The average molecular weight is 322 g/mol. The molecule has 0 atom stereocenters. The van der Waals surface area contributed by atoms with Gasteiger partial charge in [0, 0.05) is 18.2 Å². The molecule has 0 aliphatic carbocycles. The van der Waals surface area contributed by atoms with Gasteiger partial charge < -0.3 is 0 Å². The maximum absolute atomic E-state index is 12.1. The first-order chi connectivity index (χ1) is 10.3. The Kier molecular flexibility index (Phi) is 4.30. The molecule has 0 radical (unpaired) electrons. The van der Waals surface area contributed by atoms with Crippen LogP contribution >= 0.6 is 23.1 Å². The quantitative estimate of drug-likeness (QED) is 0.697. The normalized spacial score (nSPS) is 11.3. The zero-order chi connectivity index (χ0) is 14.7. The third-order valence-electron chi connectivity index (χ3n) is 2.83.